The number of piperidine rings is 2. The van der Waals surface area contributed by atoms with Crippen LogP contribution in [0.2, 0.25) is 0 Å². The van der Waals surface area contributed by atoms with E-state index in [2.05, 4.69) is 5.32 Å². The van der Waals surface area contributed by atoms with Crippen molar-refractivity contribution in [1.82, 2.24) is 13.9 Å². The van der Waals surface area contributed by atoms with E-state index in [0.29, 0.717) is 32.6 Å². The van der Waals surface area contributed by atoms with Crippen LogP contribution in [0.15, 0.2) is 0 Å². The Kier molecular flexibility index (Phi) is 5.62. The van der Waals surface area contributed by atoms with Crippen LogP contribution in [0.5, 0.6) is 0 Å². The van der Waals surface area contributed by atoms with E-state index < -0.39 is 10.2 Å². The molecule has 0 aliphatic carbocycles. The zero-order valence-corrected chi connectivity index (χ0v) is 13.9. The molecule has 0 spiro atoms. The minimum Gasteiger partial charge on any atom is -0.353 e. The molecule has 2 fully saturated rings. The first kappa shape index (κ1) is 16.7. The summed E-state index contributed by atoms with van der Waals surface area (Å²) < 4.78 is 28.8. The van der Waals surface area contributed by atoms with E-state index in [1.807, 2.05) is 13.8 Å². The Bertz CT molecular complexity index is 460. The molecule has 1 N–H and O–H groups in total. The lowest BCUT2D eigenvalue weighted by atomic mass is 9.86. The van der Waals surface area contributed by atoms with Crippen molar-refractivity contribution in [1.29, 1.82) is 0 Å². The van der Waals surface area contributed by atoms with Gasteiger partial charge in [-0.1, -0.05) is 13.8 Å². The molecule has 7 heteroatoms. The molecule has 2 aliphatic rings. The lowest BCUT2D eigenvalue weighted by molar-refractivity contribution is -0.124. The Hall–Kier alpha value is -0.660. The van der Waals surface area contributed by atoms with Gasteiger partial charge in [-0.25, -0.2) is 0 Å². The highest BCUT2D eigenvalue weighted by molar-refractivity contribution is 7.86. The summed E-state index contributed by atoms with van der Waals surface area (Å²) in [7, 11) is -3.36. The fraction of sp³-hybridized carbons (Fsp3) is 0.929. The van der Waals surface area contributed by atoms with Crippen LogP contribution in [-0.4, -0.2) is 55.2 Å². The second-order valence-corrected chi connectivity index (χ2v) is 7.95. The van der Waals surface area contributed by atoms with E-state index >= 15 is 0 Å². The third kappa shape index (κ3) is 3.76. The maximum atomic E-state index is 12.8. The predicted molar refractivity (Wildman–Crippen MR) is 81.9 cm³/mol. The average Bonchev–Trinajstić information content (AvgIpc) is 2.46. The molecule has 2 heterocycles. The molecule has 6 nitrogen and oxygen atoms in total. The van der Waals surface area contributed by atoms with Crippen molar-refractivity contribution in [3.8, 4) is 0 Å². The van der Waals surface area contributed by atoms with Gasteiger partial charge in [-0.15, -0.1) is 0 Å². The highest BCUT2D eigenvalue weighted by Crippen LogP contribution is 2.27. The van der Waals surface area contributed by atoms with Crippen molar-refractivity contribution in [3.05, 3.63) is 0 Å². The summed E-state index contributed by atoms with van der Waals surface area (Å²) >= 11 is 0. The standard InChI is InChI=1S/C14H27N3O3S/c1-3-8-16(9-4-2)21(19,20)17-10-7-13-12(11-17)5-6-14(18)15-13/h12-13H,3-11H2,1-2H3,(H,15,18). The number of hydrogen-bond acceptors (Lipinski definition) is 3. The third-order valence-corrected chi connectivity index (χ3v) is 6.39. The Balaban J connectivity index is 2.05. The Morgan fingerprint density at radius 2 is 1.90 bits per heavy atom. The number of carbonyl (C=O) groups excluding carboxylic acids is 1. The summed E-state index contributed by atoms with van der Waals surface area (Å²) in [6, 6.07) is 0.156. The largest absolute Gasteiger partial charge is 0.353 e. The summed E-state index contributed by atoms with van der Waals surface area (Å²) in [5.41, 5.74) is 0. The minimum absolute atomic E-state index is 0.103. The molecule has 2 atom stereocenters. The zero-order valence-electron chi connectivity index (χ0n) is 13.0. The molecule has 2 rings (SSSR count). The quantitative estimate of drug-likeness (QED) is 0.793. The topological polar surface area (TPSA) is 69.7 Å². The minimum atomic E-state index is -3.36. The van der Waals surface area contributed by atoms with E-state index in [0.717, 1.165) is 25.7 Å². The summed E-state index contributed by atoms with van der Waals surface area (Å²) in [5.74, 6) is 0.363. The SMILES string of the molecule is CCCN(CCC)S(=O)(=O)N1CCC2NC(=O)CCC2C1. The Morgan fingerprint density at radius 3 is 2.52 bits per heavy atom. The van der Waals surface area contributed by atoms with Crippen LogP contribution in [0.3, 0.4) is 0 Å². The predicted octanol–water partition coefficient (Wildman–Crippen LogP) is 0.954. The molecule has 0 aromatic rings. The van der Waals surface area contributed by atoms with Crippen LogP contribution >= 0.6 is 0 Å². The second-order valence-electron chi connectivity index (χ2n) is 6.03. The van der Waals surface area contributed by atoms with Gasteiger partial charge in [0.25, 0.3) is 10.2 Å². The molecule has 2 aliphatic heterocycles. The molecule has 0 aromatic carbocycles. The van der Waals surface area contributed by atoms with Crippen molar-refractivity contribution >= 4 is 16.1 Å². The van der Waals surface area contributed by atoms with E-state index in [1.165, 1.54) is 0 Å². The lowest BCUT2D eigenvalue weighted by Gasteiger charge is -2.42. The van der Waals surface area contributed by atoms with Gasteiger partial charge in [0.05, 0.1) is 0 Å². The normalized spacial score (nSPS) is 27.5. The maximum absolute atomic E-state index is 12.8. The number of nitrogens with zero attached hydrogens (tertiary/aromatic N) is 2. The smallest absolute Gasteiger partial charge is 0.281 e. The fourth-order valence-corrected chi connectivity index (χ4v) is 5.16. The summed E-state index contributed by atoms with van der Waals surface area (Å²) in [5, 5.41) is 3.00. The van der Waals surface area contributed by atoms with Gasteiger partial charge < -0.3 is 5.32 Å². The molecular formula is C14H27N3O3S. The van der Waals surface area contributed by atoms with Crippen molar-refractivity contribution in [2.45, 2.75) is 52.0 Å². The van der Waals surface area contributed by atoms with Crippen LogP contribution in [0.1, 0.15) is 46.0 Å². The number of hydrogen-bond donors (Lipinski definition) is 1. The molecule has 2 saturated heterocycles. The number of carbonyl (C=O) groups is 1. The van der Waals surface area contributed by atoms with Crippen LogP contribution in [-0.2, 0) is 15.0 Å². The fourth-order valence-electron chi connectivity index (χ4n) is 3.29. The Labute approximate surface area is 128 Å². The van der Waals surface area contributed by atoms with E-state index in [9.17, 15) is 13.2 Å². The molecule has 0 saturated carbocycles. The molecule has 1 amide bonds. The third-order valence-electron chi connectivity index (χ3n) is 4.38. The molecule has 0 bridgehead atoms. The van der Waals surface area contributed by atoms with Gasteiger partial charge in [-0.2, -0.15) is 17.0 Å². The number of amides is 1. The van der Waals surface area contributed by atoms with Crippen molar-refractivity contribution in [3.63, 3.8) is 0 Å². The summed E-state index contributed by atoms with van der Waals surface area (Å²) in [6.07, 6.45) is 3.69. The van der Waals surface area contributed by atoms with Crippen molar-refractivity contribution in [2.75, 3.05) is 26.2 Å². The van der Waals surface area contributed by atoms with Crippen LogP contribution in [0.4, 0.5) is 0 Å². The van der Waals surface area contributed by atoms with Crippen molar-refractivity contribution < 1.29 is 13.2 Å². The zero-order chi connectivity index (χ0) is 15.5. The molecular weight excluding hydrogens is 290 g/mol. The monoisotopic (exact) mass is 317 g/mol. The molecule has 0 aromatic heterocycles. The number of rotatable bonds is 6. The summed E-state index contributed by atoms with van der Waals surface area (Å²) in [6.45, 7) is 6.21. The van der Waals surface area contributed by atoms with Gasteiger partial charge in [0, 0.05) is 38.6 Å². The number of nitrogens with one attached hydrogen (secondary N) is 1. The first-order valence-corrected chi connectivity index (χ1v) is 9.43. The van der Waals surface area contributed by atoms with Gasteiger partial charge in [-0.05, 0) is 31.6 Å². The second kappa shape index (κ2) is 7.07. The lowest BCUT2D eigenvalue weighted by Crippen LogP contribution is -2.57. The van der Waals surface area contributed by atoms with E-state index in [1.54, 1.807) is 8.61 Å². The van der Waals surface area contributed by atoms with E-state index in [4.69, 9.17) is 0 Å². The molecule has 21 heavy (non-hydrogen) atoms. The highest BCUT2D eigenvalue weighted by Gasteiger charge is 2.39. The van der Waals surface area contributed by atoms with Crippen LogP contribution in [0.25, 0.3) is 0 Å². The van der Waals surface area contributed by atoms with Gasteiger partial charge in [-0.3, -0.25) is 4.79 Å². The van der Waals surface area contributed by atoms with Gasteiger partial charge in [0.2, 0.25) is 5.91 Å². The maximum Gasteiger partial charge on any atom is 0.281 e. The average molecular weight is 317 g/mol. The molecule has 122 valence electrons. The van der Waals surface area contributed by atoms with Crippen LogP contribution < -0.4 is 5.32 Å². The van der Waals surface area contributed by atoms with E-state index in [-0.39, 0.29) is 17.9 Å². The molecule has 2 unspecified atom stereocenters. The summed E-state index contributed by atoms with van der Waals surface area (Å²) in [4.78, 5) is 11.4. The first-order chi connectivity index (χ1) is 9.98. The van der Waals surface area contributed by atoms with Crippen LogP contribution in [0, 0.1) is 5.92 Å². The van der Waals surface area contributed by atoms with Gasteiger partial charge in [0.1, 0.15) is 0 Å². The van der Waals surface area contributed by atoms with Gasteiger partial charge >= 0.3 is 0 Å². The molecule has 0 radical (unpaired) electrons. The first-order valence-electron chi connectivity index (χ1n) is 8.03. The van der Waals surface area contributed by atoms with Gasteiger partial charge in [0.15, 0.2) is 0 Å². The Morgan fingerprint density at radius 1 is 1.24 bits per heavy atom. The van der Waals surface area contributed by atoms with Crippen molar-refractivity contribution in [2.24, 2.45) is 5.92 Å². The number of fused-ring (bicyclic) bond motifs is 1. The highest BCUT2D eigenvalue weighted by atomic mass is 32.2.